The number of benzene rings is 1. The van der Waals surface area contributed by atoms with E-state index in [9.17, 15) is 14.7 Å². The van der Waals surface area contributed by atoms with Crippen LogP contribution in [0, 0.1) is 13.8 Å². The molecule has 1 aromatic carbocycles. The zero-order chi connectivity index (χ0) is 18.6. The van der Waals surface area contributed by atoms with E-state index in [2.05, 4.69) is 5.10 Å². The van der Waals surface area contributed by atoms with E-state index in [1.165, 1.54) is 11.9 Å². The predicted molar refractivity (Wildman–Crippen MR) is 92.5 cm³/mol. The monoisotopic (exact) mass is 345 g/mol. The first-order valence-electron chi connectivity index (χ1n) is 7.96. The van der Waals surface area contributed by atoms with Gasteiger partial charge in [0.1, 0.15) is 11.7 Å². The van der Waals surface area contributed by atoms with Crippen LogP contribution in [0.5, 0.6) is 5.75 Å². The summed E-state index contributed by atoms with van der Waals surface area (Å²) in [5.74, 6) is -0.890. The van der Waals surface area contributed by atoms with Gasteiger partial charge in [-0.1, -0.05) is 30.3 Å². The summed E-state index contributed by atoms with van der Waals surface area (Å²) in [6, 6.07) is 8.27. The molecule has 1 unspecified atom stereocenters. The fourth-order valence-corrected chi connectivity index (χ4v) is 2.60. The number of hydrogen-bond donors (Lipinski definition) is 1. The number of carbonyl (C=O) groups excluding carboxylic acids is 1. The van der Waals surface area contributed by atoms with Crippen LogP contribution in [-0.2, 0) is 23.1 Å². The summed E-state index contributed by atoms with van der Waals surface area (Å²) in [5.41, 5.74) is 2.36. The zero-order valence-electron chi connectivity index (χ0n) is 14.9. The van der Waals surface area contributed by atoms with Crippen LogP contribution >= 0.6 is 0 Å². The topological polar surface area (TPSA) is 84.7 Å². The van der Waals surface area contributed by atoms with Gasteiger partial charge in [-0.2, -0.15) is 5.10 Å². The largest absolute Gasteiger partial charge is 0.480 e. The summed E-state index contributed by atoms with van der Waals surface area (Å²) in [6.07, 6.45) is 0.239. The van der Waals surface area contributed by atoms with Gasteiger partial charge in [-0.05, 0) is 19.4 Å². The summed E-state index contributed by atoms with van der Waals surface area (Å²) in [5, 5.41) is 13.7. The number of aliphatic carboxylic acids is 1. The third kappa shape index (κ3) is 4.37. The van der Waals surface area contributed by atoms with Gasteiger partial charge in [0.05, 0.1) is 5.69 Å². The maximum absolute atomic E-state index is 12.4. The van der Waals surface area contributed by atoms with Gasteiger partial charge in [-0.3, -0.25) is 9.48 Å². The third-order valence-corrected chi connectivity index (χ3v) is 4.20. The van der Waals surface area contributed by atoms with Crippen molar-refractivity contribution in [2.45, 2.75) is 26.3 Å². The number of aromatic nitrogens is 2. The number of carbonyl (C=O) groups is 2. The minimum absolute atomic E-state index is 0.234. The van der Waals surface area contributed by atoms with E-state index in [0.717, 1.165) is 11.3 Å². The Bertz CT molecular complexity index is 755. The highest BCUT2D eigenvalue weighted by Crippen LogP contribution is 2.21. The molecule has 1 amide bonds. The Hall–Kier alpha value is -2.83. The number of carboxylic acid groups (broad SMARTS) is 1. The summed E-state index contributed by atoms with van der Waals surface area (Å²) in [4.78, 5) is 25.2. The summed E-state index contributed by atoms with van der Waals surface area (Å²) in [7, 11) is 3.28. The van der Waals surface area contributed by atoms with Crippen molar-refractivity contribution in [3.8, 4) is 5.75 Å². The van der Waals surface area contributed by atoms with E-state index in [4.69, 9.17) is 4.74 Å². The third-order valence-electron chi connectivity index (χ3n) is 4.20. The number of hydrogen-bond acceptors (Lipinski definition) is 4. The molecule has 7 nitrogen and oxygen atoms in total. The number of carboxylic acids is 1. The highest BCUT2D eigenvalue weighted by atomic mass is 16.5. The maximum atomic E-state index is 12.4. The maximum Gasteiger partial charge on any atom is 0.326 e. The second-order valence-corrected chi connectivity index (χ2v) is 5.96. The van der Waals surface area contributed by atoms with Crippen LogP contribution in [0.25, 0.3) is 0 Å². The Balaban J connectivity index is 2.04. The van der Waals surface area contributed by atoms with Gasteiger partial charge in [0.2, 0.25) is 0 Å². The Labute approximate surface area is 146 Å². The number of ether oxygens (including phenoxy) is 1. The van der Waals surface area contributed by atoms with Crippen molar-refractivity contribution in [2.75, 3.05) is 13.7 Å². The lowest BCUT2D eigenvalue weighted by Gasteiger charge is -2.25. The molecule has 2 rings (SSSR count). The molecule has 25 heavy (non-hydrogen) atoms. The van der Waals surface area contributed by atoms with E-state index >= 15 is 0 Å². The van der Waals surface area contributed by atoms with E-state index in [0.29, 0.717) is 11.4 Å². The van der Waals surface area contributed by atoms with Gasteiger partial charge in [0.15, 0.2) is 12.4 Å². The first-order valence-corrected chi connectivity index (χ1v) is 7.96. The van der Waals surface area contributed by atoms with E-state index < -0.39 is 17.9 Å². The zero-order valence-corrected chi connectivity index (χ0v) is 14.9. The molecule has 0 bridgehead atoms. The standard InChI is InChI=1S/C18H23N3O4/c1-12-17(13(2)21(4)19-12)25-11-16(22)20(3)15(18(23)24)10-14-8-6-5-7-9-14/h5-9,15H,10-11H2,1-4H3,(H,23,24). The lowest BCUT2D eigenvalue weighted by atomic mass is 10.1. The summed E-state index contributed by atoms with van der Waals surface area (Å²) in [6.45, 7) is 3.41. The molecular formula is C18H23N3O4. The predicted octanol–water partition coefficient (Wildman–Crippen LogP) is 1.57. The molecule has 0 fully saturated rings. The molecule has 1 atom stereocenters. The smallest absolute Gasteiger partial charge is 0.326 e. The molecule has 0 saturated heterocycles. The highest BCUT2D eigenvalue weighted by molar-refractivity contribution is 5.84. The Morgan fingerprint density at radius 3 is 2.44 bits per heavy atom. The van der Waals surface area contributed by atoms with E-state index in [1.54, 1.807) is 18.7 Å². The van der Waals surface area contributed by atoms with Gasteiger partial charge < -0.3 is 14.7 Å². The van der Waals surface area contributed by atoms with Crippen LogP contribution in [0.2, 0.25) is 0 Å². The molecule has 134 valence electrons. The van der Waals surface area contributed by atoms with Crippen molar-refractivity contribution in [2.24, 2.45) is 7.05 Å². The molecule has 2 aromatic rings. The Morgan fingerprint density at radius 2 is 1.92 bits per heavy atom. The number of rotatable bonds is 7. The van der Waals surface area contributed by atoms with Crippen molar-refractivity contribution >= 4 is 11.9 Å². The average Bonchev–Trinajstić information content (AvgIpc) is 2.83. The highest BCUT2D eigenvalue weighted by Gasteiger charge is 2.27. The second-order valence-electron chi connectivity index (χ2n) is 5.96. The van der Waals surface area contributed by atoms with E-state index in [-0.39, 0.29) is 13.0 Å². The van der Waals surface area contributed by atoms with Crippen LogP contribution in [0.4, 0.5) is 0 Å². The van der Waals surface area contributed by atoms with Crippen LogP contribution in [0.3, 0.4) is 0 Å². The van der Waals surface area contributed by atoms with Crippen molar-refractivity contribution in [1.82, 2.24) is 14.7 Å². The number of nitrogens with zero attached hydrogens (tertiary/aromatic N) is 3. The van der Waals surface area contributed by atoms with Crippen LogP contribution in [0.1, 0.15) is 17.0 Å². The number of amides is 1. The minimum atomic E-state index is -1.05. The van der Waals surface area contributed by atoms with Gasteiger partial charge >= 0.3 is 5.97 Å². The minimum Gasteiger partial charge on any atom is -0.480 e. The molecule has 0 radical (unpaired) electrons. The van der Waals surface area contributed by atoms with Crippen LogP contribution in [0.15, 0.2) is 30.3 Å². The van der Waals surface area contributed by atoms with Crippen LogP contribution in [-0.4, -0.2) is 51.4 Å². The molecule has 1 aromatic heterocycles. The fraction of sp³-hybridized carbons (Fsp3) is 0.389. The molecule has 7 heteroatoms. The lowest BCUT2D eigenvalue weighted by molar-refractivity contribution is -0.149. The van der Waals surface area contributed by atoms with Gasteiger partial charge in [0, 0.05) is 20.5 Å². The fourth-order valence-electron chi connectivity index (χ4n) is 2.60. The first kappa shape index (κ1) is 18.5. The number of aryl methyl sites for hydroxylation is 2. The molecule has 0 spiro atoms. The van der Waals surface area contributed by atoms with Crippen molar-refractivity contribution in [3.05, 3.63) is 47.3 Å². The van der Waals surface area contributed by atoms with Crippen LogP contribution < -0.4 is 4.74 Å². The molecule has 1 N–H and O–H groups in total. The summed E-state index contributed by atoms with van der Waals surface area (Å²) >= 11 is 0. The van der Waals surface area contributed by atoms with E-state index in [1.807, 2.05) is 37.3 Å². The quantitative estimate of drug-likeness (QED) is 0.823. The molecule has 0 aliphatic heterocycles. The number of likely N-dealkylation sites (N-methyl/N-ethyl adjacent to an activating group) is 1. The average molecular weight is 345 g/mol. The van der Waals surface area contributed by atoms with Gasteiger partial charge in [0.25, 0.3) is 5.91 Å². The van der Waals surface area contributed by atoms with Gasteiger partial charge in [-0.15, -0.1) is 0 Å². The first-order chi connectivity index (χ1) is 11.8. The molecule has 0 saturated carbocycles. The van der Waals surface area contributed by atoms with Crippen molar-refractivity contribution < 1.29 is 19.4 Å². The summed E-state index contributed by atoms with van der Waals surface area (Å²) < 4.78 is 7.26. The second kappa shape index (κ2) is 7.83. The molecular weight excluding hydrogens is 322 g/mol. The Morgan fingerprint density at radius 1 is 1.28 bits per heavy atom. The van der Waals surface area contributed by atoms with Gasteiger partial charge in [-0.25, -0.2) is 4.79 Å². The van der Waals surface area contributed by atoms with Crippen molar-refractivity contribution in [1.29, 1.82) is 0 Å². The molecule has 0 aliphatic carbocycles. The van der Waals surface area contributed by atoms with Crippen molar-refractivity contribution in [3.63, 3.8) is 0 Å². The SMILES string of the molecule is Cc1nn(C)c(C)c1OCC(=O)N(C)C(Cc1ccccc1)C(=O)O. The lowest BCUT2D eigenvalue weighted by Crippen LogP contribution is -2.45. The molecule has 0 aliphatic rings. The molecule has 1 heterocycles. The normalized spacial score (nSPS) is 11.8. The Kier molecular flexibility index (Phi) is 5.80.